The van der Waals surface area contributed by atoms with Crippen LogP contribution in [0.4, 0.5) is 5.69 Å². The summed E-state index contributed by atoms with van der Waals surface area (Å²) < 4.78 is 26.2. The summed E-state index contributed by atoms with van der Waals surface area (Å²) in [5, 5.41) is 3.13. The Bertz CT molecular complexity index is 886. The molecule has 6 heteroatoms. The van der Waals surface area contributed by atoms with E-state index < -0.39 is 9.84 Å². The maximum atomic E-state index is 13.1. The quantitative estimate of drug-likeness (QED) is 0.749. The molecule has 2 rings (SSSR count). The third kappa shape index (κ3) is 4.69. The Morgan fingerprint density at radius 2 is 1.63 bits per heavy atom. The fraction of sp³-hybridized carbons (Fsp3) is 0.381. The molecule has 0 heterocycles. The average Bonchev–Trinajstić information content (AvgIpc) is 2.67. The van der Waals surface area contributed by atoms with Crippen molar-refractivity contribution in [1.29, 1.82) is 0 Å². The molecule has 0 atom stereocenters. The lowest BCUT2D eigenvalue weighted by Gasteiger charge is -2.20. The van der Waals surface area contributed by atoms with E-state index in [1.807, 2.05) is 33.8 Å². The van der Waals surface area contributed by atoms with E-state index in [0.29, 0.717) is 30.8 Å². The van der Waals surface area contributed by atoms with E-state index in [2.05, 4.69) is 5.32 Å². The standard InChI is InChI=1S/C21H28N2O3S/c1-5-18-19(22-15-21(24)23(6-2)7-3)9-8-10-20(18)27(25,26)17-13-11-16(4)12-14-17/h8-14,22H,5-7,15H2,1-4H3. The summed E-state index contributed by atoms with van der Waals surface area (Å²) in [4.78, 5) is 14.6. The van der Waals surface area contributed by atoms with E-state index in [9.17, 15) is 13.2 Å². The van der Waals surface area contributed by atoms with Gasteiger partial charge in [0.05, 0.1) is 16.3 Å². The molecule has 0 radical (unpaired) electrons. The minimum absolute atomic E-state index is 0.00570. The molecule has 0 aliphatic carbocycles. The second-order valence-electron chi connectivity index (χ2n) is 6.37. The van der Waals surface area contributed by atoms with Crippen LogP contribution >= 0.6 is 0 Å². The number of hydrogen-bond acceptors (Lipinski definition) is 4. The lowest BCUT2D eigenvalue weighted by Crippen LogP contribution is -2.35. The number of benzene rings is 2. The summed E-state index contributed by atoms with van der Waals surface area (Å²) in [7, 11) is -3.62. The summed E-state index contributed by atoms with van der Waals surface area (Å²) in [5.74, 6) is -0.00570. The van der Waals surface area contributed by atoms with E-state index in [0.717, 1.165) is 5.56 Å². The molecule has 0 aromatic heterocycles. The Morgan fingerprint density at radius 1 is 1.00 bits per heavy atom. The third-order valence-electron chi connectivity index (χ3n) is 4.65. The summed E-state index contributed by atoms with van der Waals surface area (Å²) in [6.07, 6.45) is 0.545. The van der Waals surface area contributed by atoms with Gasteiger partial charge in [-0.2, -0.15) is 0 Å². The first-order valence-corrected chi connectivity index (χ1v) is 10.8. The second kappa shape index (κ2) is 9.04. The van der Waals surface area contributed by atoms with Crippen LogP contribution in [0.1, 0.15) is 31.9 Å². The number of nitrogens with zero attached hydrogens (tertiary/aromatic N) is 1. The number of amides is 1. The highest BCUT2D eigenvalue weighted by Crippen LogP contribution is 2.29. The molecular weight excluding hydrogens is 360 g/mol. The van der Waals surface area contributed by atoms with Gasteiger partial charge >= 0.3 is 0 Å². The Morgan fingerprint density at radius 3 is 2.19 bits per heavy atom. The number of carbonyl (C=O) groups excluding carboxylic acids is 1. The van der Waals surface area contributed by atoms with Crippen molar-refractivity contribution in [2.75, 3.05) is 25.0 Å². The fourth-order valence-electron chi connectivity index (χ4n) is 3.05. The highest BCUT2D eigenvalue weighted by atomic mass is 32.2. The molecule has 2 aromatic carbocycles. The number of aryl methyl sites for hydroxylation is 1. The molecule has 0 spiro atoms. The van der Waals surface area contributed by atoms with E-state index >= 15 is 0 Å². The average molecular weight is 389 g/mol. The topological polar surface area (TPSA) is 66.5 Å². The first kappa shape index (κ1) is 21.0. The van der Waals surface area contributed by atoms with Crippen molar-refractivity contribution in [3.8, 4) is 0 Å². The van der Waals surface area contributed by atoms with E-state index in [4.69, 9.17) is 0 Å². The number of hydrogen-bond donors (Lipinski definition) is 1. The Hall–Kier alpha value is -2.34. The Balaban J connectivity index is 2.36. The van der Waals surface area contributed by atoms with Crippen molar-refractivity contribution in [3.63, 3.8) is 0 Å². The molecular formula is C21H28N2O3S. The van der Waals surface area contributed by atoms with Crippen LogP contribution in [0.3, 0.4) is 0 Å². The van der Waals surface area contributed by atoms with Crippen LogP contribution in [0, 0.1) is 6.92 Å². The van der Waals surface area contributed by atoms with Gasteiger partial charge in [0.15, 0.2) is 0 Å². The van der Waals surface area contributed by atoms with E-state index in [1.54, 1.807) is 41.3 Å². The molecule has 0 unspecified atom stereocenters. The van der Waals surface area contributed by atoms with Crippen LogP contribution in [-0.4, -0.2) is 38.9 Å². The molecule has 0 fully saturated rings. The predicted octanol–water partition coefficient (Wildman–Crippen LogP) is 3.67. The fourth-order valence-corrected chi connectivity index (χ4v) is 4.64. The summed E-state index contributed by atoms with van der Waals surface area (Å²) in [5.41, 5.74) is 2.40. The molecule has 0 saturated heterocycles. The molecule has 2 aromatic rings. The van der Waals surface area contributed by atoms with Crippen molar-refractivity contribution in [3.05, 3.63) is 53.6 Å². The predicted molar refractivity (Wildman–Crippen MR) is 109 cm³/mol. The van der Waals surface area contributed by atoms with Gasteiger partial charge in [0, 0.05) is 18.8 Å². The van der Waals surface area contributed by atoms with Crippen LogP contribution in [0.2, 0.25) is 0 Å². The minimum atomic E-state index is -3.62. The minimum Gasteiger partial charge on any atom is -0.376 e. The normalized spacial score (nSPS) is 11.3. The number of rotatable bonds is 8. The zero-order valence-electron chi connectivity index (χ0n) is 16.5. The molecule has 5 nitrogen and oxygen atoms in total. The molecule has 0 saturated carbocycles. The van der Waals surface area contributed by atoms with Gasteiger partial charge in [-0.3, -0.25) is 4.79 Å². The van der Waals surface area contributed by atoms with Crippen molar-refractivity contribution in [2.24, 2.45) is 0 Å². The number of nitrogens with one attached hydrogen (secondary N) is 1. The van der Waals surface area contributed by atoms with Crippen LogP contribution in [0.25, 0.3) is 0 Å². The molecule has 1 amide bonds. The number of carbonyl (C=O) groups is 1. The van der Waals surface area contributed by atoms with Gasteiger partial charge in [0.1, 0.15) is 0 Å². The smallest absolute Gasteiger partial charge is 0.241 e. The van der Waals surface area contributed by atoms with Gasteiger partial charge in [-0.1, -0.05) is 30.7 Å². The summed E-state index contributed by atoms with van der Waals surface area (Å²) in [6, 6.07) is 12.0. The van der Waals surface area contributed by atoms with Crippen LogP contribution in [0.15, 0.2) is 52.3 Å². The third-order valence-corrected chi connectivity index (χ3v) is 6.51. The van der Waals surface area contributed by atoms with Gasteiger partial charge in [0.25, 0.3) is 0 Å². The number of anilines is 1. The van der Waals surface area contributed by atoms with Gasteiger partial charge in [-0.25, -0.2) is 8.42 Å². The van der Waals surface area contributed by atoms with Crippen LogP contribution < -0.4 is 5.32 Å². The first-order chi connectivity index (χ1) is 12.8. The summed E-state index contributed by atoms with van der Waals surface area (Å²) >= 11 is 0. The molecule has 0 aliphatic heterocycles. The van der Waals surface area contributed by atoms with Gasteiger partial charge in [-0.05, 0) is 57.0 Å². The second-order valence-corrected chi connectivity index (χ2v) is 8.29. The lowest BCUT2D eigenvalue weighted by atomic mass is 10.1. The Kier molecular flexibility index (Phi) is 7.02. The number of sulfone groups is 1. The molecule has 146 valence electrons. The van der Waals surface area contributed by atoms with Gasteiger partial charge < -0.3 is 10.2 Å². The van der Waals surface area contributed by atoms with Crippen molar-refractivity contribution in [1.82, 2.24) is 4.90 Å². The maximum Gasteiger partial charge on any atom is 0.241 e. The number of likely N-dealkylation sites (N-methyl/N-ethyl adjacent to an activating group) is 1. The Labute approximate surface area is 162 Å². The zero-order valence-corrected chi connectivity index (χ0v) is 17.3. The van der Waals surface area contributed by atoms with E-state index in [-0.39, 0.29) is 22.2 Å². The van der Waals surface area contributed by atoms with Crippen molar-refractivity contribution >= 4 is 21.4 Å². The highest BCUT2D eigenvalue weighted by molar-refractivity contribution is 7.91. The van der Waals surface area contributed by atoms with Crippen LogP contribution in [-0.2, 0) is 21.1 Å². The maximum absolute atomic E-state index is 13.1. The molecule has 0 aliphatic rings. The SMILES string of the molecule is CCc1c(NCC(=O)N(CC)CC)cccc1S(=O)(=O)c1ccc(C)cc1. The van der Waals surface area contributed by atoms with Gasteiger partial charge in [-0.15, -0.1) is 0 Å². The first-order valence-electron chi connectivity index (χ1n) is 9.30. The zero-order chi connectivity index (χ0) is 20.0. The molecule has 27 heavy (non-hydrogen) atoms. The highest BCUT2D eigenvalue weighted by Gasteiger charge is 2.22. The monoisotopic (exact) mass is 388 g/mol. The van der Waals surface area contributed by atoms with Crippen molar-refractivity contribution < 1.29 is 13.2 Å². The summed E-state index contributed by atoms with van der Waals surface area (Å²) in [6.45, 7) is 9.16. The lowest BCUT2D eigenvalue weighted by molar-refractivity contribution is -0.128. The molecule has 1 N–H and O–H groups in total. The van der Waals surface area contributed by atoms with Crippen LogP contribution in [0.5, 0.6) is 0 Å². The van der Waals surface area contributed by atoms with E-state index in [1.165, 1.54) is 0 Å². The molecule has 0 bridgehead atoms. The largest absolute Gasteiger partial charge is 0.376 e. The van der Waals surface area contributed by atoms with Crippen molar-refractivity contribution in [2.45, 2.75) is 43.9 Å². The van der Waals surface area contributed by atoms with Gasteiger partial charge in [0.2, 0.25) is 15.7 Å².